The first-order valence-corrected chi connectivity index (χ1v) is 8.20. The molecule has 10 heteroatoms. The van der Waals surface area contributed by atoms with Gasteiger partial charge in [-0.2, -0.15) is 0 Å². The Morgan fingerprint density at radius 1 is 1.37 bits per heavy atom. The molecule has 0 saturated carbocycles. The zero-order valence-electron chi connectivity index (χ0n) is 14.9. The molecule has 2 amide bonds. The Hall–Kier alpha value is -3.30. The molecular weight excluding hydrogens is 357 g/mol. The van der Waals surface area contributed by atoms with Gasteiger partial charge >= 0.3 is 5.97 Å². The van der Waals surface area contributed by atoms with E-state index >= 15 is 0 Å². The van der Waals surface area contributed by atoms with Crippen LogP contribution in [0.3, 0.4) is 0 Å². The summed E-state index contributed by atoms with van der Waals surface area (Å²) in [6.45, 7) is 3.01. The van der Waals surface area contributed by atoms with Gasteiger partial charge in [0, 0.05) is 20.0 Å². The maximum absolute atomic E-state index is 13.3. The fourth-order valence-electron chi connectivity index (χ4n) is 2.40. The van der Waals surface area contributed by atoms with Crippen LogP contribution in [0.15, 0.2) is 30.5 Å². The number of aliphatic carboxylic acids is 1. The van der Waals surface area contributed by atoms with Gasteiger partial charge in [-0.25, -0.2) is 13.9 Å². The molecule has 1 atom stereocenters. The van der Waals surface area contributed by atoms with Crippen molar-refractivity contribution in [1.29, 1.82) is 0 Å². The van der Waals surface area contributed by atoms with Crippen LogP contribution in [-0.2, 0) is 16.1 Å². The Bertz CT molecular complexity index is 838. The number of hydrogen-bond acceptors (Lipinski definition) is 5. The third-order valence-electron chi connectivity index (χ3n) is 3.80. The van der Waals surface area contributed by atoms with Crippen molar-refractivity contribution in [3.63, 3.8) is 0 Å². The number of nitrogens with one attached hydrogen (secondary N) is 1. The van der Waals surface area contributed by atoms with E-state index in [1.807, 2.05) is 0 Å². The van der Waals surface area contributed by atoms with Gasteiger partial charge in [0.2, 0.25) is 5.91 Å². The smallest absolute Gasteiger partial charge is 0.326 e. The van der Waals surface area contributed by atoms with Crippen molar-refractivity contribution in [2.45, 2.75) is 26.4 Å². The topological polar surface area (TPSA) is 117 Å². The van der Waals surface area contributed by atoms with Gasteiger partial charge in [-0.3, -0.25) is 9.59 Å². The van der Waals surface area contributed by atoms with Gasteiger partial charge in [0.15, 0.2) is 5.69 Å². The first-order chi connectivity index (χ1) is 12.8. The quantitative estimate of drug-likeness (QED) is 0.692. The van der Waals surface area contributed by atoms with E-state index in [0.717, 1.165) is 4.90 Å². The number of halogens is 1. The fraction of sp³-hybridized carbons (Fsp3) is 0.353. The van der Waals surface area contributed by atoms with Gasteiger partial charge in [0.05, 0.1) is 12.7 Å². The van der Waals surface area contributed by atoms with Gasteiger partial charge < -0.3 is 15.3 Å². The van der Waals surface area contributed by atoms with Crippen molar-refractivity contribution >= 4 is 17.8 Å². The molecule has 27 heavy (non-hydrogen) atoms. The Morgan fingerprint density at radius 2 is 2.11 bits per heavy atom. The van der Waals surface area contributed by atoms with E-state index in [4.69, 9.17) is 0 Å². The second-order valence-electron chi connectivity index (χ2n) is 5.93. The summed E-state index contributed by atoms with van der Waals surface area (Å²) in [5, 5.41) is 19.4. The van der Waals surface area contributed by atoms with E-state index < -0.39 is 17.9 Å². The predicted molar refractivity (Wildman–Crippen MR) is 92.3 cm³/mol. The van der Waals surface area contributed by atoms with Crippen LogP contribution in [0.1, 0.15) is 29.9 Å². The molecule has 0 aliphatic heterocycles. The van der Waals surface area contributed by atoms with Gasteiger partial charge in [-0.05, 0) is 24.6 Å². The molecule has 0 radical (unpaired) electrons. The van der Waals surface area contributed by atoms with Crippen LogP contribution < -0.4 is 5.32 Å². The van der Waals surface area contributed by atoms with E-state index in [0.29, 0.717) is 5.56 Å². The number of aromatic nitrogens is 3. The Kier molecular flexibility index (Phi) is 6.58. The molecule has 2 N–H and O–H groups in total. The number of carboxylic acid groups (broad SMARTS) is 1. The Labute approximate surface area is 154 Å². The highest BCUT2D eigenvalue weighted by atomic mass is 19.1. The number of carbonyl (C=O) groups is 3. The minimum atomic E-state index is -1.18. The summed E-state index contributed by atoms with van der Waals surface area (Å²) in [6, 6.07) is 4.82. The van der Waals surface area contributed by atoms with Crippen LogP contribution in [0.25, 0.3) is 0 Å². The molecule has 0 aliphatic rings. The van der Waals surface area contributed by atoms with Crippen molar-refractivity contribution in [3.05, 3.63) is 47.5 Å². The number of carbonyl (C=O) groups excluding carboxylic acids is 2. The number of nitrogens with zero attached hydrogens (tertiary/aromatic N) is 4. The highest BCUT2D eigenvalue weighted by Gasteiger charge is 2.28. The Morgan fingerprint density at radius 3 is 2.74 bits per heavy atom. The summed E-state index contributed by atoms with van der Waals surface area (Å²) < 4.78 is 14.6. The highest BCUT2D eigenvalue weighted by molar-refractivity contribution is 5.94. The minimum Gasteiger partial charge on any atom is -0.480 e. The van der Waals surface area contributed by atoms with Crippen LogP contribution in [0.4, 0.5) is 4.39 Å². The lowest BCUT2D eigenvalue weighted by Gasteiger charge is -2.25. The van der Waals surface area contributed by atoms with Crippen molar-refractivity contribution in [3.8, 4) is 0 Å². The van der Waals surface area contributed by atoms with E-state index in [2.05, 4.69) is 15.6 Å². The van der Waals surface area contributed by atoms with Crippen molar-refractivity contribution in [2.24, 2.45) is 0 Å². The molecule has 1 aromatic carbocycles. The summed E-state index contributed by atoms with van der Waals surface area (Å²) in [7, 11) is 0. The van der Waals surface area contributed by atoms with Crippen molar-refractivity contribution in [2.75, 3.05) is 13.1 Å². The second kappa shape index (κ2) is 8.88. The monoisotopic (exact) mass is 377 g/mol. The molecule has 1 aromatic heterocycles. The highest BCUT2D eigenvalue weighted by Crippen LogP contribution is 2.09. The van der Waals surface area contributed by atoms with Gasteiger partial charge in [-0.15, -0.1) is 5.10 Å². The van der Waals surface area contributed by atoms with Crippen LogP contribution in [0.2, 0.25) is 0 Å². The van der Waals surface area contributed by atoms with E-state index in [1.54, 1.807) is 12.1 Å². The zero-order chi connectivity index (χ0) is 20.0. The van der Waals surface area contributed by atoms with E-state index in [1.165, 1.54) is 36.9 Å². The summed E-state index contributed by atoms with van der Waals surface area (Å²) in [4.78, 5) is 36.0. The number of amides is 2. The molecule has 0 spiro atoms. The zero-order valence-corrected chi connectivity index (χ0v) is 14.9. The lowest BCUT2D eigenvalue weighted by atomic mass is 10.2. The Balaban J connectivity index is 2.13. The van der Waals surface area contributed by atoms with Crippen LogP contribution in [0, 0.1) is 5.82 Å². The summed E-state index contributed by atoms with van der Waals surface area (Å²) in [5.74, 6) is -2.48. The second-order valence-corrected chi connectivity index (χ2v) is 5.93. The largest absolute Gasteiger partial charge is 0.480 e. The molecule has 9 nitrogen and oxygen atoms in total. The number of hydrogen-bond donors (Lipinski definition) is 2. The third-order valence-corrected chi connectivity index (χ3v) is 3.80. The number of carboxylic acids is 1. The number of rotatable bonds is 8. The molecule has 1 heterocycles. The van der Waals surface area contributed by atoms with Gasteiger partial charge in [-0.1, -0.05) is 17.3 Å². The van der Waals surface area contributed by atoms with E-state index in [-0.39, 0.29) is 37.1 Å². The molecule has 0 saturated heterocycles. The maximum atomic E-state index is 13.3. The molecule has 1 unspecified atom stereocenters. The standard InChI is InChI=1S/C17H20FN5O4/c1-11(17(26)27)23(7-6-19-12(2)24)16(25)15-10-22(21-20-15)9-13-4-3-5-14(18)8-13/h3-5,8,10-11H,6-7,9H2,1-2H3,(H,19,24)(H,26,27). The lowest BCUT2D eigenvalue weighted by molar-refractivity contribution is -0.141. The average Bonchev–Trinajstić information content (AvgIpc) is 3.06. The summed E-state index contributed by atoms with van der Waals surface area (Å²) in [6.07, 6.45) is 1.37. The van der Waals surface area contributed by atoms with Crippen molar-refractivity contribution < 1.29 is 23.9 Å². The van der Waals surface area contributed by atoms with Crippen molar-refractivity contribution in [1.82, 2.24) is 25.2 Å². The molecule has 2 aromatic rings. The van der Waals surface area contributed by atoms with Crippen LogP contribution in [-0.4, -0.2) is 61.9 Å². The molecule has 2 rings (SSSR count). The fourth-order valence-corrected chi connectivity index (χ4v) is 2.40. The van der Waals surface area contributed by atoms with Gasteiger partial charge in [0.25, 0.3) is 5.91 Å². The number of benzene rings is 1. The molecular formula is C17H20FN5O4. The maximum Gasteiger partial charge on any atom is 0.326 e. The summed E-state index contributed by atoms with van der Waals surface area (Å²) >= 11 is 0. The minimum absolute atomic E-state index is 0.00262. The summed E-state index contributed by atoms with van der Waals surface area (Å²) in [5.41, 5.74) is 0.600. The SMILES string of the molecule is CC(=O)NCCN(C(=O)c1cn(Cc2cccc(F)c2)nn1)C(C)C(=O)O. The van der Waals surface area contributed by atoms with Gasteiger partial charge in [0.1, 0.15) is 11.9 Å². The normalized spacial score (nSPS) is 11.7. The van der Waals surface area contributed by atoms with E-state index in [9.17, 15) is 23.9 Å². The predicted octanol–water partition coefficient (Wildman–Crippen LogP) is 0.517. The molecule has 0 aliphatic carbocycles. The average molecular weight is 377 g/mol. The molecule has 0 fully saturated rings. The lowest BCUT2D eigenvalue weighted by Crippen LogP contribution is -2.46. The van der Waals surface area contributed by atoms with Crippen LogP contribution in [0.5, 0.6) is 0 Å². The van der Waals surface area contributed by atoms with Crippen LogP contribution >= 0.6 is 0 Å². The first-order valence-electron chi connectivity index (χ1n) is 8.20. The first kappa shape index (κ1) is 20.0. The third kappa shape index (κ3) is 5.59. The molecule has 0 bridgehead atoms. The molecule has 144 valence electrons.